The molecule has 1 fully saturated rings. The molecule has 0 unspecified atom stereocenters. The number of piperazine rings is 1. The number of amides is 1. The number of nitrogens with one attached hydrogen (secondary N) is 1. The third-order valence-corrected chi connectivity index (χ3v) is 5.52. The molecule has 10 nitrogen and oxygen atoms in total. The molecule has 1 aliphatic rings. The van der Waals surface area contributed by atoms with E-state index in [1.807, 2.05) is 9.80 Å². The fraction of sp³-hybridized carbons (Fsp3) is 0.318. The summed E-state index contributed by atoms with van der Waals surface area (Å²) < 4.78 is 21.6. The maximum absolute atomic E-state index is 12.6. The Morgan fingerprint density at radius 1 is 1.24 bits per heavy atom. The first-order valence-corrected chi connectivity index (χ1v) is 10.5. The maximum Gasteiger partial charge on any atom is 0.266 e. The van der Waals surface area contributed by atoms with Gasteiger partial charge >= 0.3 is 0 Å². The Labute approximate surface area is 195 Å². The first kappa shape index (κ1) is 22.5. The van der Waals surface area contributed by atoms with Gasteiger partial charge in [0.1, 0.15) is 17.6 Å². The molecular formula is C22H22ClN5O5. The van der Waals surface area contributed by atoms with E-state index in [1.54, 1.807) is 24.3 Å². The molecule has 0 radical (unpaired) electrons. The van der Waals surface area contributed by atoms with E-state index in [4.69, 9.17) is 29.9 Å². The Morgan fingerprint density at radius 3 is 2.64 bits per heavy atom. The normalized spacial score (nSPS) is 14.1. The van der Waals surface area contributed by atoms with Crippen molar-refractivity contribution in [3.05, 3.63) is 41.2 Å². The highest BCUT2D eigenvalue weighted by Crippen LogP contribution is 2.36. The van der Waals surface area contributed by atoms with Gasteiger partial charge in [0, 0.05) is 32.2 Å². The number of methoxy groups -OCH3 is 2. The van der Waals surface area contributed by atoms with Gasteiger partial charge in [-0.2, -0.15) is 10.2 Å². The average molecular weight is 472 g/mol. The zero-order chi connectivity index (χ0) is 23.4. The van der Waals surface area contributed by atoms with Gasteiger partial charge in [0.15, 0.2) is 5.76 Å². The number of furan rings is 1. The molecular weight excluding hydrogens is 450 g/mol. The van der Waals surface area contributed by atoms with Crippen LogP contribution in [-0.4, -0.2) is 62.7 Å². The van der Waals surface area contributed by atoms with Gasteiger partial charge in [-0.05, 0) is 18.2 Å². The quantitative estimate of drug-likeness (QED) is 0.554. The van der Waals surface area contributed by atoms with Crippen LogP contribution < -0.4 is 19.7 Å². The van der Waals surface area contributed by atoms with Crippen LogP contribution in [0.3, 0.4) is 0 Å². The third-order valence-electron chi connectivity index (χ3n) is 5.22. The molecule has 11 heteroatoms. The minimum absolute atomic E-state index is 0.194. The van der Waals surface area contributed by atoms with E-state index in [0.29, 0.717) is 60.0 Å². The predicted octanol–water partition coefficient (Wildman–Crippen LogP) is 3.24. The summed E-state index contributed by atoms with van der Waals surface area (Å²) in [6.45, 7) is 2.56. The summed E-state index contributed by atoms with van der Waals surface area (Å²) in [6.07, 6.45) is 1.52. The summed E-state index contributed by atoms with van der Waals surface area (Å²) in [4.78, 5) is 20.8. The van der Waals surface area contributed by atoms with Crippen molar-refractivity contribution in [2.75, 3.05) is 57.2 Å². The number of oxazole rings is 1. The number of anilines is 2. The number of nitrogens with zero attached hydrogens (tertiary/aromatic N) is 4. The number of halogens is 1. The van der Waals surface area contributed by atoms with Crippen molar-refractivity contribution in [1.82, 2.24) is 9.88 Å². The highest BCUT2D eigenvalue weighted by atomic mass is 35.5. The minimum Gasteiger partial charge on any atom is -0.495 e. The van der Waals surface area contributed by atoms with E-state index < -0.39 is 0 Å². The Hall–Kier alpha value is -3.68. The molecule has 3 heterocycles. The lowest BCUT2D eigenvalue weighted by atomic mass is 10.2. The van der Waals surface area contributed by atoms with Gasteiger partial charge in [-0.3, -0.25) is 9.69 Å². The van der Waals surface area contributed by atoms with Crippen LogP contribution in [0.2, 0.25) is 5.02 Å². The number of aromatic nitrogens is 1. The highest BCUT2D eigenvalue weighted by Gasteiger charge is 2.26. The number of hydrogen-bond donors (Lipinski definition) is 1. The SMILES string of the molecule is COc1cc(OC)c(NC(=O)CN2CCN(c3oc(-c4ccco4)nc3C#N)CC2)cc1Cl. The summed E-state index contributed by atoms with van der Waals surface area (Å²) >= 11 is 6.18. The van der Waals surface area contributed by atoms with Crippen LogP contribution in [0.25, 0.3) is 11.7 Å². The summed E-state index contributed by atoms with van der Waals surface area (Å²) in [5.41, 5.74) is 0.675. The van der Waals surface area contributed by atoms with Crippen LogP contribution in [0.1, 0.15) is 5.69 Å². The summed E-state index contributed by atoms with van der Waals surface area (Å²) in [5, 5.41) is 12.7. The molecule has 1 aliphatic heterocycles. The summed E-state index contributed by atoms with van der Waals surface area (Å²) in [7, 11) is 3.02. The van der Waals surface area contributed by atoms with Crippen molar-refractivity contribution in [3.8, 4) is 29.2 Å². The van der Waals surface area contributed by atoms with Crippen LogP contribution in [0.4, 0.5) is 11.6 Å². The lowest BCUT2D eigenvalue weighted by molar-refractivity contribution is -0.117. The number of carbonyl (C=O) groups is 1. The first-order valence-electron chi connectivity index (χ1n) is 10.2. The van der Waals surface area contributed by atoms with Crippen molar-refractivity contribution < 1.29 is 23.1 Å². The van der Waals surface area contributed by atoms with Crippen LogP contribution >= 0.6 is 11.6 Å². The van der Waals surface area contributed by atoms with Crippen molar-refractivity contribution in [1.29, 1.82) is 5.26 Å². The second-order valence-electron chi connectivity index (χ2n) is 7.26. The molecule has 1 saturated heterocycles. The fourth-order valence-electron chi connectivity index (χ4n) is 3.56. The zero-order valence-corrected chi connectivity index (χ0v) is 18.9. The Balaban J connectivity index is 1.36. The second kappa shape index (κ2) is 9.85. The number of rotatable bonds is 7. The molecule has 1 amide bonds. The number of nitriles is 1. The number of hydrogen-bond acceptors (Lipinski definition) is 9. The average Bonchev–Trinajstić information content (AvgIpc) is 3.50. The van der Waals surface area contributed by atoms with Crippen LogP contribution in [0.5, 0.6) is 11.5 Å². The Bertz CT molecular complexity index is 1160. The first-order chi connectivity index (χ1) is 16.0. The zero-order valence-electron chi connectivity index (χ0n) is 18.1. The monoisotopic (exact) mass is 471 g/mol. The molecule has 1 N–H and O–H groups in total. The Morgan fingerprint density at radius 2 is 2.00 bits per heavy atom. The molecule has 0 aliphatic carbocycles. The van der Waals surface area contributed by atoms with Gasteiger partial charge in [0.05, 0.1) is 37.7 Å². The van der Waals surface area contributed by atoms with Crippen LogP contribution in [0, 0.1) is 11.3 Å². The fourth-order valence-corrected chi connectivity index (χ4v) is 3.81. The molecule has 0 spiro atoms. The van der Waals surface area contributed by atoms with E-state index in [1.165, 1.54) is 20.5 Å². The highest BCUT2D eigenvalue weighted by molar-refractivity contribution is 6.32. The van der Waals surface area contributed by atoms with E-state index in [2.05, 4.69) is 16.4 Å². The summed E-state index contributed by atoms with van der Waals surface area (Å²) in [6, 6.07) is 8.74. The van der Waals surface area contributed by atoms with Gasteiger partial charge < -0.3 is 28.5 Å². The van der Waals surface area contributed by atoms with Gasteiger partial charge in [-0.25, -0.2) is 0 Å². The van der Waals surface area contributed by atoms with Crippen molar-refractivity contribution in [3.63, 3.8) is 0 Å². The van der Waals surface area contributed by atoms with Crippen LogP contribution in [0.15, 0.2) is 39.4 Å². The molecule has 3 aromatic rings. The molecule has 4 rings (SSSR count). The van der Waals surface area contributed by atoms with Gasteiger partial charge in [-0.1, -0.05) is 11.6 Å². The van der Waals surface area contributed by atoms with Gasteiger partial charge in [0.2, 0.25) is 17.5 Å². The van der Waals surface area contributed by atoms with Crippen LogP contribution in [-0.2, 0) is 4.79 Å². The van der Waals surface area contributed by atoms with Crippen molar-refractivity contribution in [2.45, 2.75) is 0 Å². The number of benzene rings is 1. The number of ether oxygens (including phenoxy) is 2. The standard InChI is InChI=1S/C22H22ClN5O5/c1-30-18-11-19(31-2)15(10-14(18)23)25-20(29)13-27-5-7-28(8-6-27)22-16(12-24)26-21(33-22)17-4-3-9-32-17/h3-4,9-11H,5-8,13H2,1-2H3,(H,25,29). The van der Waals surface area contributed by atoms with Gasteiger partial charge in [0.25, 0.3) is 5.89 Å². The number of carbonyl (C=O) groups excluding carboxylic acids is 1. The summed E-state index contributed by atoms with van der Waals surface area (Å²) in [5.74, 6) is 1.85. The second-order valence-corrected chi connectivity index (χ2v) is 7.67. The molecule has 33 heavy (non-hydrogen) atoms. The third kappa shape index (κ3) is 4.89. The molecule has 172 valence electrons. The topological polar surface area (TPSA) is 117 Å². The largest absolute Gasteiger partial charge is 0.495 e. The van der Waals surface area contributed by atoms with Crippen molar-refractivity contribution in [2.24, 2.45) is 0 Å². The van der Waals surface area contributed by atoms with E-state index in [0.717, 1.165) is 0 Å². The Kier molecular flexibility index (Phi) is 6.72. The lowest BCUT2D eigenvalue weighted by Crippen LogP contribution is -2.48. The van der Waals surface area contributed by atoms with Gasteiger partial charge in [-0.15, -0.1) is 0 Å². The smallest absolute Gasteiger partial charge is 0.266 e. The predicted molar refractivity (Wildman–Crippen MR) is 121 cm³/mol. The maximum atomic E-state index is 12.6. The van der Waals surface area contributed by atoms with E-state index in [9.17, 15) is 10.1 Å². The van der Waals surface area contributed by atoms with E-state index >= 15 is 0 Å². The molecule has 2 aromatic heterocycles. The minimum atomic E-state index is -0.194. The molecule has 1 aromatic carbocycles. The lowest BCUT2D eigenvalue weighted by Gasteiger charge is -2.34. The molecule has 0 bridgehead atoms. The van der Waals surface area contributed by atoms with E-state index in [-0.39, 0.29) is 24.0 Å². The molecule has 0 atom stereocenters. The van der Waals surface area contributed by atoms with Crippen molar-refractivity contribution >= 4 is 29.1 Å². The molecule has 0 saturated carbocycles.